The van der Waals surface area contributed by atoms with E-state index in [0.29, 0.717) is 21.8 Å². The normalized spacial score (nSPS) is 18.5. The van der Waals surface area contributed by atoms with E-state index in [0.717, 1.165) is 0 Å². The van der Waals surface area contributed by atoms with Crippen LogP contribution in [0.1, 0.15) is 23.6 Å². The van der Waals surface area contributed by atoms with Crippen LogP contribution >= 0.6 is 34.8 Å². The zero-order valence-corrected chi connectivity index (χ0v) is 19.3. The number of fused-ring (bicyclic) bond motifs is 4. The second-order valence-electron chi connectivity index (χ2n) is 7.25. The molecular formula is C23H14Cl3N3O4. The summed E-state index contributed by atoms with van der Waals surface area (Å²) in [7, 11) is 0. The molecule has 0 unspecified atom stereocenters. The molecule has 33 heavy (non-hydrogen) atoms. The number of amides is 1. The monoisotopic (exact) mass is 501 g/mol. The number of benzene rings is 2. The van der Waals surface area contributed by atoms with E-state index in [-0.39, 0.29) is 39.8 Å². The molecule has 5 rings (SSSR count). The highest BCUT2D eigenvalue weighted by Crippen LogP contribution is 2.57. The minimum absolute atomic E-state index is 0.0464. The summed E-state index contributed by atoms with van der Waals surface area (Å²) >= 11 is 18.9. The summed E-state index contributed by atoms with van der Waals surface area (Å²) in [5.74, 6) is -1.25. The van der Waals surface area contributed by atoms with Crippen molar-refractivity contribution in [3.05, 3.63) is 86.3 Å². The van der Waals surface area contributed by atoms with Crippen molar-refractivity contribution in [1.29, 1.82) is 0 Å². The van der Waals surface area contributed by atoms with Crippen molar-refractivity contribution in [2.75, 3.05) is 11.9 Å². The summed E-state index contributed by atoms with van der Waals surface area (Å²) in [5.41, 5.74) is -0.386. The number of ether oxygens (including phenoxy) is 2. The molecule has 1 aromatic heterocycles. The van der Waals surface area contributed by atoms with Gasteiger partial charge >= 0.3 is 5.97 Å². The Morgan fingerprint density at radius 3 is 2.61 bits per heavy atom. The summed E-state index contributed by atoms with van der Waals surface area (Å²) in [6, 6.07) is 13.7. The molecule has 3 heterocycles. The third-order valence-corrected chi connectivity index (χ3v) is 6.15. The Hall–Kier alpha value is -3.13. The summed E-state index contributed by atoms with van der Waals surface area (Å²) in [5, 5.41) is 2.87. The van der Waals surface area contributed by atoms with Gasteiger partial charge in [-0.25, -0.2) is 9.78 Å². The van der Waals surface area contributed by atoms with Gasteiger partial charge in [0.2, 0.25) is 17.1 Å². The number of esters is 1. The molecule has 0 saturated carbocycles. The third kappa shape index (κ3) is 3.19. The standard InChI is InChI=1S/C23H14Cl3N3O4/c1-2-32-20(30)15-17(11-6-4-3-5-7-11)33-19-16(18(25)28-22(26)29-19)23(15)13-10-12(24)8-9-14(13)27-21(23)31/h3-10H,2H2,1H3,(H,27,31)/t23-/m0/s1. The highest BCUT2D eigenvalue weighted by atomic mass is 35.5. The van der Waals surface area contributed by atoms with Crippen molar-refractivity contribution in [3.63, 3.8) is 0 Å². The number of hydrogen-bond donors (Lipinski definition) is 1. The molecule has 2 aromatic carbocycles. The van der Waals surface area contributed by atoms with Gasteiger partial charge in [0.05, 0.1) is 12.2 Å². The van der Waals surface area contributed by atoms with Crippen molar-refractivity contribution >= 4 is 58.1 Å². The first-order valence-electron chi connectivity index (χ1n) is 9.88. The lowest BCUT2D eigenvalue weighted by atomic mass is 9.68. The zero-order valence-electron chi connectivity index (χ0n) is 17.0. The molecule has 1 amide bonds. The number of halogens is 3. The predicted molar refractivity (Wildman–Crippen MR) is 124 cm³/mol. The molecule has 10 heteroatoms. The summed E-state index contributed by atoms with van der Waals surface area (Å²) in [6.45, 7) is 1.74. The average molecular weight is 503 g/mol. The van der Waals surface area contributed by atoms with Gasteiger partial charge in [-0.05, 0) is 36.7 Å². The second-order valence-corrected chi connectivity index (χ2v) is 8.38. The molecule has 0 bridgehead atoms. The van der Waals surface area contributed by atoms with Crippen molar-refractivity contribution in [2.24, 2.45) is 0 Å². The Bertz CT molecular complexity index is 1360. The van der Waals surface area contributed by atoms with E-state index in [2.05, 4.69) is 15.3 Å². The van der Waals surface area contributed by atoms with E-state index in [1.54, 1.807) is 49.4 Å². The van der Waals surface area contributed by atoms with E-state index in [1.807, 2.05) is 6.07 Å². The number of aromatic nitrogens is 2. The quantitative estimate of drug-likeness (QED) is 0.306. The van der Waals surface area contributed by atoms with Crippen molar-refractivity contribution in [2.45, 2.75) is 12.3 Å². The third-order valence-electron chi connectivity index (χ3n) is 5.47. The molecule has 0 saturated heterocycles. The van der Waals surface area contributed by atoms with Crippen molar-refractivity contribution in [3.8, 4) is 5.88 Å². The SMILES string of the molecule is CCOC(=O)C1=C(c2ccccc2)Oc2nc(Cl)nc(Cl)c2[C@@]12C(=O)Nc1ccc(Cl)cc12. The highest BCUT2D eigenvalue weighted by Gasteiger charge is 2.60. The largest absolute Gasteiger partial charge is 0.462 e. The number of nitrogens with zero attached hydrogens (tertiary/aromatic N) is 2. The molecule has 1 N–H and O–H groups in total. The van der Waals surface area contributed by atoms with Crippen LogP contribution < -0.4 is 10.1 Å². The first-order valence-corrected chi connectivity index (χ1v) is 11.0. The molecule has 166 valence electrons. The molecule has 1 atom stereocenters. The number of nitrogens with one attached hydrogen (secondary N) is 1. The Balaban J connectivity index is 1.97. The van der Waals surface area contributed by atoms with Crippen LogP contribution in [0.5, 0.6) is 5.88 Å². The van der Waals surface area contributed by atoms with E-state index >= 15 is 0 Å². The van der Waals surface area contributed by atoms with Crippen molar-refractivity contribution < 1.29 is 19.1 Å². The summed E-state index contributed by atoms with van der Waals surface area (Å²) in [4.78, 5) is 35.5. The molecule has 0 fully saturated rings. The maximum absolute atomic E-state index is 13.8. The second kappa shape index (κ2) is 8.02. The molecule has 7 nitrogen and oxygen atoms in total. The maximum Gasteiger partial charge on any atom is 0.339 e. The van der Waals surface area contributed by atoms with Gasteiger partial charge in [-0.3, -0.25) is 4.79 Å². The fourth-order valence-electron chi connectivity index (χ4n) is 4.23. The van der Waals surface area contributed by atoms with Gasteiger partial charge in [0.1, 0.15) is 21.9 Å². The van der Waals surface area contributed by atoms with Crippen LogP contribution in [0.2, 0.25) is 15.5 Å². The van der Waals surface area contributed by atoms with E-state index in [4.69, 9.17) is 44.3 Å². The molecule has 1 spiro atoms. The van der Waals surface area contributed by atoms with Crippen LogP contribution in [0.25, 0.3) is 5.76 Å². The first kappa shape index (κ1) is 21.7. The minimum atomic E-state index is -1.78. The Labute approximate surface area is 203 Å². The maximum atomic E-state index is 13.8. The zero-order chi connectivity index (χ0) is 23.3. The first-order chi connectivity index (χ1) is 15.9. The Kier molecular flexibility index (Phi) is 5.28. The van der Waals surface area contributed by atoms with Crippen LogP contribution in [0.15, 0.2) is 54.1 Å². The predicted octanol–water partition coefficient (Wildman–Crippen LogP) is 5.04. The van der Waals surface area contributed by atoms with Gasteiger partial charge in [0.25, 0.3) is 0 Å². The fourth-order valence-corrected chi connectivity index (χ4v) is 4.91. The van der Waals surface area contributed by atoms with Gasteiger partial charge in [0.15, 0.2) is 0 Å². The van der Waals surface area contributed by atoms with Gasteiger partial charge in [-0.1, -0.05) is 53.5 Å². The van der Waals surface area contributed by atoms with Crippen LogP contribution in [0.3, 0.4) is 0 Å². The van der Waals surface area contributed by atoms with E-state index in [9.17, 15) is 9.59 Å². The molecule has 0 aliphatic carbocycles. The molecule has 3 aromatic rings. The Morgan fingerprint density at radius 1 is 1.12 bits per heavy atom. The summed E-state index contributed by atoms with van der Waals surface area (Å²) in [6.07, 6.45) is 0. The van der Waals surface area contributed by atoms with Crippen molar-refractivity contribution in [1.82, 2.24) is 9.97 Å². The van der Waals surface area contributed by atoms with E-state index < -0.39 is 17.3 Å². The highest BCUT2D eigenvalue weighted by molar-refractivity contribution is 6.34. The van der Waals surface area contributed by atoms with Gasteiger partial charge in [-0.15, -0.1) is 0 Å². The van der Waals surface area contributed by atoms with Gasteiger partial charge in [0, 0.05) is 21.8 Å². The number of carbonyl (C=O) groups excluding carboxylic acids is 2. The van der Waals surface area contributed by atoms with Crippen LogP contribution in [-0.4, -0.2) is 28.5 Å². The average Bonchev–Trinajstić information content (AvgIpc) is 3.05. The van der Waals surface area contributed by atoms with Gasteiger partial charge in [-0.2, -0.15) is 4.98 Å². The van der Waals surface area contributed by atoms with Crippen LogP contribution in [0.4, 0.5) is 5.69 Å². The van der Waals surface area contributed by atoms with Crippen LogP contribution in [0, 0.1) is 0 Å². The smallest absolute Gasteiger partial charge is 0.339 e. The fraction of sp³-hybridized carbons (Fsp3) is 0.130. The molecule has 2 aliphatic rings. The molecule has 2 aliphatic heterocycles. The van der Waals surface area contributed by atoms with E-state index in [1.165, 1.54) is 0 Å². The Morgan fingerprint density at radius 2 is 1.88 bits per heavy atom. The summed E-state index contributed by atoms with van der Waals surface area (Å²) < 4.78 is 11.5. The minimum Gasteiger partial charge on any atom is -0.462 e. The number of rotatable bonds is 3. The topological polar surface area (TPSA) is 90.4 Å². The number of carbonyl (C=O) groups is 2. The number of anilines is 1. The van der Waals surface area contributed by atoms with Crippen LogP contribution in [-0.2, 0) is 19.7 Å². The number of hydrogen-bond acceptors (Lipinski definition) is 6. The lowest BCUT2D eigenvalue weighted by Gasteiger charge is -2.36. The molecule has 0 radical (unpaired) electrons. The van der Waals surface area contributed by atoms with Gasteiger partial charge < -0.3 is 14.8 Å². The molecular weight excluding hydrogens is 489 g/mol. The lowest BCUT2D eigenvalue weighted by molar-refractivity contribution is -0.140. The lowest BCUT2D eigenvalue weighted by Crippen LogP contribution is -2.45.